The van der Waals surface area contributed by atoms with Crippen LogP contribution in [0.4, 0.5) is 0 Å². The van der Waals surface area contributed by atoms with Crippen molar-refractivity contribution in [1.29, 1.82) is 0 Å². The Hall–Kier alpha value is -0.520. The van der Waals surface area contributed by atoms with Crippen molar-refractivity contribution in [2.45, 2.75) is 51.9 Å². The van der Waals surface area contributed by atoms with Gasteiger partial charge in [0.25, 0.3) is 0 Å². The van der Waals surface area contributed by atoms with E-state index in [4.69, 9.17) is 0 Å². The highest BCUT2D eigenvalue weighted by atomic mass is 32.2. The van der Waals surface area contributed by atoms with Gasteiger partial charge >= 0.3 is 0 Å². The molecule has 21 heavy (non-hydrogen) atoms. The van der Waals surface area contributed by atoms with Crippen LogP contribution in [0.5, 0.6) is 0 Å². The van der Waals surface area contributed by atoms with Gasteiger partial charge in [0.1, 0.15) is 6.17 Å². The Balaban J connectivity index is 2.25. The van der Waals surface area contributed by atoms with Crippen molar-refractivity contribution in [2.24, 2.45) is 5.92 Å². The monoisotopic (exact) mass is 326 g/mol. The van der Waals surface area contributed by atoms with E-state index in [1.807, 2.05) is 11.8 Å². The quantitative estimate of drug-likeness (QED) is 0.828. The van der Waals surface area contributed by atoms with Crippen LogP contribution in [-0.4, -0.2) is 34.9 Å². The van der Waals surface area contributed by atoms with Gasteiger partial charge in [0.2, 0.25) is 5.91 Å². The molecule has 1 saturated heterocycles. The van der Waals surface area contributed by atoms with E-state index < -0.39 is 0 Å². The summed E-state index contributed by atoms with van der Waals surface area (Å²) in [5, 5.41) is 5.66. The van der Waals surface area contributed by atoms with E-state index in [1.54, 1.807) is 11.3 Å². The molecule has 118 valence electrons. The minimum atomic E-state index is -0.0343. The van der Waals surface area contributed by atoms with Gasteiger partial charge in [-0.2, -0.15) is 11.8 Å². The Morgan fingerprint density at radius 2 is 2.24 bits per heavy atom. The fourth-order valence-corrected chi connectivity index (χ4v) is 4.50. The predicted molar refractivity (Wildman–Crippen MR) is 92.7 cm³/mol. The zero-order chi connectivity index (χ0) is 15.4. The van der Waals surface area contributed by atoms with Crippen molar-refractivity contribution < 1.29 is 4.79 Å². The molecule has 3 unspecified atom stereocenters. The Morgan fingerprint density at radius 3 is 2.76 bits per heavy atom. The highest BCUT2D eigenvalue weighted by Crippen LogP contribution is 2.33. The van der Waals surface area contributed by atoms with Crippen LogP contribution in [0, 0.1) is 5.92 Å². The van der Waals surface area contributed by atoms with E-state index in [2.05, 4.69) is 54.8 Å². The number of nitrogens with one attached hydrogen (secondary N) is 1. The Morgan fingerprint density at radius 1 is 1.48 bits per heavy atom. The van der Waals surface area contributed by atoms with E-state index in [9.17, 15) is 4.79 Å². The molecule has 1 aromatic rings. The largest absolute Gasteiger partial charge is 0.317 e. The average molecular weight is 327 g/mol. The molecule has 0 saturated carbocycles. The molecule has 1 aromatic heterocycles. The minimum Gasteiger partial charge on any atom is -0.317 e. The third-order valence-corrected chi connectivity index (χ3v) is 5.58. The molecule has 0 aliphatic carbocycles. The summed E-state index contributed by atoms with van der Waals surface area (Å²) in [6.07, 6.45) is 4.08. The Kier molecular flexibility index (Phi) is 6.14. The molecule has 1 fully saturated rings. The molecular weight excluding hydrogens is 300 g/mol. The molecule has 0 bridgehead atoms. The number of amides is 1. The predicted octanol–water partition coefficient (Wildman–Crippen LogP) is 3.73. The first-order valence-electron chi connectivity index (χ1n) is 7.69. The number of carbonyl (C=O) groups is 1. The van der Waals surface area contributed by atoms with Gasteiger partial charge in [-0.05, 0) is 36.5 Å². The molecule has 1 aliphatic rings. The van der Waals surface area contributed by atoms with Crippen molar-refractivity contribution >= 4 is 29.0 Å². The average Bonchev–Trinajstić information content (AvgIpc) is 3.05. The zero-order valence-corrected chi connectivity index (χ0v) is 15.0. The number of carbonyl (C=O) groups excluding carboxylic acids is 1. The van der Waals surface area contributed by atoms with Crippen LogP contribution in [0.1, 0.15) is 44.7 Å². The first-order chi connectivity index (χ1) is 10.1. The lowest BCUT2D eigenvalue weighted by Gasteiger charge is -2.31. The standard InChI is InChI=1S/C16H26N2OS2/c1-5-12(10-20-4)18-15(14-7-6-8-21-14)17-13(16(18)19)9-11(2)3/h6-8,11-13,15,17H,5,9-10H2,1-4H3. The fraction of sp³-hybridized carbons (Fsp3) is 0.688. The van der Waals surface area contributed by atoms with Gasteiger partial charge < -0.3 is 4.90 Å². The lowest BCUT2D eigenvalue weighted by Crippen LogP contribution is -2.41. The van der Waals surface area contributed by atoms with Crippen molar-refractivity contribution in [1.82, 2.24) is 10.2 Å². The van der Waals surface area contributed by atoms with Crippen LogP contribution < -0.4 is 5.32 Å². The SMILES string of the molecule is CCC(CSC)N1C(=O)C(CC(C)C)NC1c1cccs1. The molecule has 3 atom stereocenters. The van der Waals surface area contributed by atoms with E-state index in [0.717, 1.165) is 18.6 Å². The number of hydrogen-bond donors (Lipinski definition) is 1. The highest BCUT2D eigenvalue weighted by molar-refractivity contribution is 7.98. The lowest BCUT2D eigenvalue weighted by molar-refractivity contribution is -0.132. The summed E-state index contributed by atoms with van der Waals surface area (Å²) in [6.45, 7) is 6.53. The van der Waals surface area contributed by atoms with Crippen molar-refractivity contribution in [3.8, 4) is 0 Å². The maximum atomic E-state index is 12.9. The third-order valence-electron chi connectivity index (χ3n) is 3.93. The van der Waals surface area contributed by atoms with Gasteiger partial charge in [-0.1, -0.05) is 26.8 Å². The van der Waals surface area contributed by atoms with Gasteiger partial charge in [-0.3, -0.25) is 10.1 Å². The maximum absolute atomic E-state index is 12.9. The summed E-state index contributed by atoms with van der Waals surface area (Å²) in [7, 11) is 0. The normalized spacial score (nSPS) is 24.0. The summed E-state index contributed by atoms with van der Waals surface area (Å²) >= 11 is 3.55. The summed E-state index contributed by atoms with van der Waals surface area (Å²) in [5.41, 5.74) is 0. The summed E-state index contributed by atoms with van der Waals surface area (Å²) < 4.78 is 0. The minimum absolute atomic E-state index is 0.0343. The second-order valence-corrected chi connectivity index (χ2v) is 7.92. The van der Waals surface area contributed by atoms with Gasteiger partial charge in [0, 0.05) is 16.7 Å². The number of nitrogens with zero attached hydrogens (tertiary/aromatic N) is 1. The van der Waals surface area contributed by atoms with Crippen LogP contribution in [0.2, 0.25) is 0 Å². The van der Waals surface area contributed by atoms with Crippen molar-refractivity contribution in [3.63, 3.8) is 0 Å². The summed E-state index contributed by atoms with van der Waals surface area (Å²) in [5.74, 6) is 1.80. The number of hydrogen-bond acceptors (Lipinski definition) is 4. The molecule has 1 amide bonds. The van der Waals surface area contributed by atoms with Gasteiger partial charge in [-0.25, -0.2) is 0 Å². The topological polar surface area (TPSA) is 32.3 Å². The zero-order valence-electron chi connectivity index (χ0n) is 13.3. The molecule has 3 nitrogen and oxygen atoms in total. The van der Waals surface area contributed by atoms with Crippen LogP contribution >= 0.6 is 23.1 Å². The van der Waals surface area contributed by atoms with E-state index in [1.165, 1.54) is 4.88 Å². The van der Waals surface area contributed by atoms with Gasteiger partial charge in [0.15, 0.2) is 0 Å². The van der Waals surface area contributed by atoms with E-state index in [0.29, 0.717) is 12.0 Å². The number of thiophene rings is 1. The molecule has 5 heteroatoms. The molecule has 2 heterocycles. The van der Waals surface area contributed by atoms with Gasteiger partial charge in [-0.15, -0.1) is 11.3 Å². The number of thioether (sulfide) groups is 1. The molecule has 1 N–H and O–H groups in total. The van der Waals surface area contributed by atoms with Crippen LogP contribution in [0.15, 0.2) is 17.5 Å². The van der Waals surface area contributed by atoms with Crippen LogP contribution in [0.25, 0.3) is 0 Å². The highest BCUT2D eigenvalue weighted by Gasteiger charge is 2.42. The Labute approximate surface area is 136 Å². The van der Waals surface area contributed by atoms with Crippen molar-refractivity contribution in [2.75, 3.05) is 12.0 Å². The van der Waals surface area contributed by atoms with Gasteiger partial charge in [0.05, 0.1) is 6.04 Å². The first-order valence-corrected chi connectivity index (χ1v) is 9.96. The smallest absolute Gasteiger partial charge is 0.241 e. The first kappa shape index (κ1) is 16.8. The molecule has 2 rings (SSSR count). The summed E-state index contributed by atoms with van der Waals surface area (Å²) in [4.78, 5) is 16.2. The van der Waals surface area contributed by atoms with E-state index >= 15 is 0 Å². The van der Waals surface area contributed by atoms with Crippen molar-refractivity contribution in [3.05, 3.63) is 22.4 Å². The molecule has 0 aromatic carbocycles. The van der Waals surface area contributed by atoms with E-state index in [-0.39, 0.29) is 18.1 Å². The maximum Gasteiger partial charge on any atom is 0.241 e. The second kappa shape index (κ2) is 7.65. The number of rotatable bonds is 7. The molecule has 0 radical (unpaired) electrons. The fourth-order valence-electron chi connectivity index (χ4n) is 2.93. The molecular formula is C16H26N2OS2. The lowest BCUT2D eigenvalue weighted by atomic mass is 10.0. The van der Waals surface area contributed by atoms with Crippen LogP contribution in [0.3, 0.4) is 0 Å². The summed E-state index contributed by atoms with van der Waals surface area (Å²) in [6, 6.07) is 4.47. The molecule has 0 spiro atoms. The van der Waals surface area contributed by atoms with Crippen LogP contribution in [-0.2, 0) is 4.79 Å². The Bertz CT molecular complexity index is 447. The molecule has 1 aliphatic heterocycles. The third kappa shape index (κ3) is 3.82. The second-order valence-electron chi connectivity index (χ2n) is 6.03.